The van der Waals surface area contributed by atoms with E-state index < -0.39 is 5.97 Å². The van der Waals surface area contributed by atoms with Gasteiger partial charge in [0.15, 0.2) is 0 Å². The van der Waals surface area contributed by atoms with Crippen molar-refractivity contribution in [1.82, 2.24) is 9.97 Å². The first-order chi connectivity index (χ1) is 9.22. The first kappa shape index (κ1) is 12.2. The number of hydrogen-bond donors (Lipinski definition) is 2. The molecule has 1 aliphatic rings. The maximum absolute atomic E-state index is 10.9. The largest absolute Gasteiger partial charge is 0.481 e. The number of fused-ring (bicyclic) bond motifs is 1. The van der Waals surface area contributed by atoms with E-state index in [4.69, 9.17) is 5.11 Å². The molecule has 0 aliphatic heterocycles. The van der Waals surface area contributed by atoms with E-state index in [-0.39, 0.29) is 5.92 Å². The number of rotatable bonds is 3. The molecule has 0 saturated heterocycles. The molecule has 2 N–H and O–H groups in total. The summed E-state index contributed by atoms with van der Waals surface area (Å²) in [5.74, 6) is -0.125. The van der Waals surface area contributed by atoms with Crippen LogP contribution >= 0.6 is 0 Å². The summed E-state index contributed by atoms with van der Waals surface area (Å²) in [5, 5.41) is 9.00. The fourth-order valence-corrected chi connectivity index (χ4v) is 3.06. The van der Waals surface area contributed by atoms with E-state index in [1.165, 1.54) is 5.56 Å². The van der Waals surface area contributed by atoms with Gasteiger partial charge in [-0.15, -0.1) is 0 Å². The standard InChI is InChI=1S/C15H18N2O2/c18-15(19)12-4-1-10(2-5-12)7-11-3-6-13-14(8-11)17-9-16-13/h3,6,8-10,12H,1-2,4-5,7H2,(H,16,17)(H,18,19). The molecule has 1 fully saturated rings. The molecule has 0 bridgehead atoms. The van der Waals surface area contributed by atoms with Crippen LogP contribution in [0.5, 0.6) is 0 Å². The maximum atomic E-state index is 10.9. The van der Waals surface area contributed by atoms with Gasteiger partial charge in [0.1, 0.15) is 0 Å². The first-order valence-electron chi connectivity index (χ1n) is 6.87. The highest BCUT2D eigenvalue weighted by atomic mass is 16.4. The number of aromatic amines is 1. The average molecular weight is 258 g/mol. The fourth-order valence-electron chi connectivity index (χ4n) is 3.06. The van der Waals surface area contributed by atoms with Gasteiger partial charge in [-0.1, -0.05) is 6.07 Å². The summed E-state index contributed by atoms with van der Waals surface area (Å²) in [5.41, 5.74) is 3.39. The lowest BCUT2D eigenvalue weighted by Gasteiger charge is -2.26. The van der Waals surface area contributed by atoms with Gasteiger partial charge in [0.05, 0.1) is 23.3 Å². The van der Waals surface area contributed by atoms with Crippen molar-refractivity contribution in [1.29, 1.82) is 0 Å². The molecule has 0 unspecified atom stereocenters. The van der Waals surface area contributed by atoms with E-state index in [1.54, 1.807) is 6.33 Å². The molecule has 4 nitrogen and oxygen atoms in total. The molecule has 100 valence electrons. The quantitative estimate of drug-likeness (QED) is 0.889. The van der Waals surface area contributed by atoms with Gasteiger partial charge >= 0.3 is 5.97 Å². The monoisotopic (exact) mass is 258 g/mol. The first-order valence-corrected chi connectivity index (χ1v) is 6.87. The Hall–Kier alpha value is -1.84. The minimum absolute atomic E-state index is 0.119. The Morgan fingerprint density at radius 2 is 2.11 bits per heavy atom. The Bertz CT molecular complexity index is 583. The third-order valence-corrected chi connectivity index (χ3v) is 4.21. The normalized spacial score (nSPS) is 23.6. The molecule has 1 saturated carbocycles. The summed E-state index contributed by atoms with van der Waals surface area (Å²) in [4.78, 5) is 18.3. The second kappa shape index (κ2) is 5.03. The van der Waals surface area contributed by atoms with Gasteiger partial charge < -0.3 is 10.1 Å². The van der Waals surface area contributed by atoms with Crippen LogP contribution in [-0.2, 0) is 11.2 Å². The molecule has 0 atom stereocenters. The van der Waals surface area contributed by atoms with Gasteiger partial charge in [0, 0.05) is 0 Å². The second-order valence-corrected chi connectivity index (χ2v) is 5.51. The lowest BCUT2D eigenvalue weighted by molar-refractivity contribution is -0.143. The van der Waals surface area contributed by atoms with Crippen LogP contribution in [0.3, 0.4) is 0 Å². The number of carboxylic acids is 1. The fraction of sp³-hybridized carbons (Fsp3) is 0.467. The summed E-state index contributed by atoms with van der Waals surface area (Å²) in [6, 6.07) is 6.34. The summed E-state index contributed by atoms with van der Waals surface area (Å²) in [6.45, 7) is 0. The molecule has 19 heavy (non-hydrogen) atoms. The number of nitrogens with zero attached hydrogens (tertiary/aromatic N) is 1. The third-order valence-electron chi connectivity index (χ3n) is 4.21. The van der Waals surface area contributed by atoms with Crippen molar-refractivity contribution in [3.8, 4) is 0 Å². The predicted octanol–water partition coefficient (Wildman–Crippen LogP) is 3.00. The molecule has 1 aromatic heterocycles. The molecule has 1 heterocycles. The number of nitrogens with one attached hydrogen (secondary N) is 1. The topological polar surface area (TPSA) is 66.0 Å². The Labute approximate surface area is 111 Å². The van der Waals surface area contributed by atoms with Crippen LogP contribution < -0.4 is 0 Å². The summed E-state index contributed by atoms with van der Waals surface area (Å²) >= 11 is 0. The SMILES string of the molecule is O=C(O)C1CCC(Cc2ccc3nc[nH]c3c2)CC1. The molecule has 0 spiro atoms. The number of aromatic nitrogens is 2. The Balaban J connectivity index is 1.64. The highest BCUT2D eigenvalue weighted by Gasteiger charge is 2.25. The number of carboxylic acid groups (broad SMARTS) is 1. The number of hydrogen-bond acceptors (Lipinski definition) is 2. The molecule has 1 aromatic carbocycles. The maximum Gasteiger partial charge on any atom is 0.306 e. The molecular formula is C15H18N2O2. The van der Waals surface area contributed by atoms with Crippen LogP contribution in [-0.4, -0.2) is 21.0 Å². The Morgan fingerprint density at radius 1 is 1.32 bits per heavy atom. The molecule has 1 aliphatic carbocycles. The molecule has 0 radical (unpaired) electrons. The number of carbonyl (C=O) groups is 1. The van der Waals surface area contributed by atoms with Crippen LogP contribution in [0.25, 0.3) is 11.0 Å². The molecule has 0 amide bonds. The van der Waals surface area contributed by atoms with Crippen molar-refractivity contribution in [3.05, 3.63) is 30.1 Å². The highest BCUT2D eigenvalue weighted by Crippen LogP contribution is 2.31. The van der Waals surface area contributed by atoms with Crippen LogP contribution in [0.15, 0.2) is 24.5 Å². The van der Waals surface area contributed by atoms with E-state index in [2.05, 4.69) is 22.1 Å². The zero-order valence-electron chi connectivity index (χ0n) is 10.8. The van der Waals surface area contributed by atoms with Crippen molar-refractivity contribution < 1.29 is 9.90 Å². The van der Waals surface area contributed by atoms with Gasteiger partial charge in [0.25, 0.3) is 0 Å². The average Bonchev–Trinajstić information content (AvgIpc) is 2.87. The van der Waals surface area contributed by atoms with Crippen LogP contribution in [0.2, 0.25) is 0 Å². The van der Waals surface area contributed by atoms with Crippen LogP contribution in [0, 0.1) is 11.8 Å². The lowest BCUT2D eigenvalue weighted by atomic mass is 9.79. The molecule has 2 aromatic rings. The highest BCUT2D eigenvalue weighted by molar-refractivity contribution is 5.75. The summed E-state index contributed by atoms with van der Waals surface area (Å²) in [6.07, 6.45) is 6.46. The van der Waals surface area contributed by atoms with E-state index in [1.807, 2.05) is 6.07 Å². The van der Waals surface area contributed by atoms with E-state index in [0.29, 0.717) is 5.92 Å². The second-order valence-electron chi connectivity index (χ2n) is 5.51. The molecular weight excluding hydrogens is 240 g/mol. The minimum Gasteiger partial charge on any atom is -0.481 e. The lowest BCUT2D eigenvalue weighted by Crippen LogP contribution is -2.22. The van der Waals surface area contributed by atoms with Gasteiger partial charge in [-0.05, 0) is 55.7 Å². The number of H-pyrrole nitrogens is 1. The smallest absolute Gasteiger partial charge is 0.306 e. The van der Waals surface area contributed by atoms with Gasteiger partial charge in [-0.25, -0.2) is 4.98 Å². The summed E-state index contributed by atoms with van der Waals surface area (Å²) in [7, 11) is 0. The van der Waals surface area contributed by atoms with Gasteiger partial charge in [-0.3, -0.25) is 4.79 Å². The third kappa shape index (κ3) is 2.62. The van der Waals surface area contributed by atoms with E-state index in [9.17, 15) is 4.79 Å². The number of benzene rings is 1. The van der Waals surface area contributed by atoms with Crippen LogP contribution in [0.1, 0.15) is 31.2 Å². The van der Waals surface area contributed by atoms with E-state index in [0.717, 1.165) is 43.1 Å². The predicted molar refractivity (Wildman–Crippen MR) is 72.9 cm³/mol. The zero-order chi connectivity index (χ0) is 13.2. The van der Waals surface area contributed by atoms with Crippen molar-refractivity contribution >= 4 is 17.0 Å². The summed E-state index contributed by atoms with van der Waals surface area (Å²) < 4.78 is 0. The van der Waals surface area contributed by atoms with Crippen LogP contribution in [0.4, 0.5) is 0 Å². The molecule has 3 rings (SSSR count). The van der Waals surface area contributed by atoms with Crippen molar-refractivity contribution in [2.24, 2.45) is 11.8 Å². The van der Waals surface area contributed by atoms with Crippen molar-refractivity contribution in [3.63, 3.8) is 0 Å². The number of aliphatic carboxylic acids is 1. The van der Waals surface area contributed by atoms with Gasteiger partial charge in [-0.2, -0.15) is 0 Å². The van der Waals surface area contributed by atoms with E-state index >= 15 is 0 Å². The number of imidazole rings is 1. The van der Waals surface area contributed by atoms with Crippen molar-refractivity contribution in [2.75, 3.05) is 0 Å². The minimum atomic E-state index is -0.627. The zero-order valence-corrected chi connectivity index (χ0v) is 10.8. The molecule has 4 heteroatoms. The van der Waals surface area contributed by atoms with Crippen molar-refractivity contribution in [2.45, 2.75) is 32.1 Å². The Kier molecular flexibility index (Phi) is 3.23. The Morgan fingerprint density at radius 3 is 2.84 bits per heavy atom. The van der Waals surface area contributed by atoms with Gasteiger partial charge in [0.2, 0.25) is 0 Å².